The lowest BCUT2D eigenvalue weighted by Crippen LogP contribution is -2.52. The molecule has 21 heavy (non-hydrogen) atoms. The van der Waals surface area contributed by atoms with Crippen LogP contribution in [0.15, 0.2) is 36.4 Å². The number of aromatic nitrogens is 1. The maximum atomic E-state index is 11.0. The summed E-state index contributed by atoms with van der Waals surface area (Å²) in [6, 6.07) is 12.4. The lowest BCUT2D eigenvalue weighted by molar-refractivity contribution is 0.0706. The summed E-state index contributed by atoms with van der Waals surface area (Å²) >= 11 is 0. The van der Waals surface area contributed by atoms with Gasteiger partial charge < -0.3 is 10.0 Å². The first-order valence-electron chi connectivity index (χ1n) is 7.20. The van der Waals surface area contributed by atoms with Crippen molar-refractivity contribution in [3.8, 4) is 0 Å². The zero-order chi connectivity index (χ0) is 14.8. The lowest BCUT2D eigenvalue weighted by atomic mass is 10.1. The van der Waals surface area contributed by atoms with Gasteiger partial charge in [-0.25, -0.2) is 4.79 Å². The molecule has 1 saturated heterocycles. The van der Waals surface area contributed by atoms with Crippen molar-refractivity contribution in [2.75, 3.05) is 19.6 Å². The molecule has 0 saturated carbocycles. The van der Waals surface area contributed by atoms with Gasteiger partial charge in [-0.1, -0.05) is 24.3 Å². The smallest absolute Gasteiger partial charge is 0.407 e. The van der Waals surface area contributed by atoms with E-state index in [1.165, 1.54) is 4.90 Å². The number of hydrogen-bond acceptors (Lipinski definition) is 3. The molecule has 1 unspecified atom stereocenters. The summed E-state index contributed by atoms with van der Waals surface area (Å²) in [5.41, 5.74) is 2.04. The monoisotopic (exact) mass is 285 g/mol. The third-order valence-corrected chi connectivity index (χ3v) is 4.06. The lowest BCUT2D eigenvalue weighted by Gasteiger charge is -2.38. The molecule has 1 fully saturated rings. The predicted octanol–water partition coefficient (Wildman–Crippen LogP) is 2.42. The predicted molar refractivity (Wildman–Crippen MR) is 81.2 cm³/mol. The van der Waals surface area contributed by atoms with E-state index in [-0.39, 0.29) is 6.04 Å². The standard InChI is InChI=1S/C16H19N3O2/c1-12-10-19(16(20)21)9-8-18(12)11-14-7-6-13-4-2-3-5-15(13)17-14/h2-7,12H,8-11H2,1H3,(H,20,21). The summed E-state index contributed by atoms with van der Waals surface area (Å²) in [7, 11) is 0. The van der Waals surface area contributed by atoms with Gasteiger partial charge in [-0.15, -0.1) is 0 Å². The van der Waals surface area contributed by atoms with Crippen molar-refractivity contribution in [3.63, 3.8) is 0 Å². The van der Waals surface area contributed by atoms with Crippen molar-refractivity contribution in [3.05, 3.63) is 42.1 Å². The van der Waals surface area contributed by atoms with Gasteiger partial charge in [0.05, 0.1) is 11.2 Å². The van der Waals surface area contributed by atoms with Gasteiger partial charge in [-0.2, -0.15) is 0 Å². The number of carbonyl (C=O) groups is 1. The van der Waals surface area contributed by atoms with Crippen LogP contribution in [0.4, 0.5) is 4.79 Å². The molecule has 0 bridgehead atoms. The van der Waals surface area contributed by atoms with Gasteiger partial charge >= 0.3 is 6.09 Å². The van der Waals surface area contributed by atoms with Gasteiger partial charge in [0, 0.05) is 37.6 Å². The minimum absolute atomic E-state index is 0.211. The zero-order valence-corrected chi connectivity index (χ0v) is 12.1. The second-order valence-electron chi connectivity index (χ2n) is 5.54. The van der Waals surface area contributed by atoms with Crippen LogP contribution >= 0.6 is 0 Å². The van der Waals surface area contributed by atoms with Crippen molar-refractivity contribution in [2.45, 2.75) is 19.5 Å². The molecule has 0 aliphatic carbocycles. The molecule has 0 spiro atoms. The highest BCUT2D eigenvalue weighted by Gasteiger charge is 2.26. The van der Waals surface area contributed by atoms with Crippen molar-refractivity contribution >= 4 is 17.0 Å². The maximum absolute atomic E-state index is 11.0. The zero-order valence-electron chi connectivity index (χ0n) is 12.1. The minimum atomic E-state index is -0.828. The maximum Gasteiger partial charge on any atom is 0.407 e. The molecule has 5 heteroatoms. The van der Waals surface area contributed by atoms with Gasteiger partial charge in [0.15, 0.2) is 0 Å². The van der Waals surface area contributed by atoms with Crippen LogP contribution in [-0.4, -0.2) is 51.7 Å². The van der Waals surface area contributed by atoms with Crippen LogP contribution in [0.1, 0.15) is 12.6 Å². The Bertz CT molecular complexity index is 659. The third kappa shape index (κ3) is 2.97. The highest BCUT2D eigenvalue weighted by molar-refractivity contribution is 5.78. The Hall–Kier alpha value is -2.14. The molecule has 1 N–H and O–H groups in total. The molecule has 1 amide bonds. The van der Waals surface area contributed by atoms with E-state index in [9.17, 15) is 4.79 Å². The van der Waals surface area contributed by atoms with Gasteiger partial charge in [0.1, 0.15) is 0 Å². The van der Waals surface area contributed by atoms with Crippen LogP contribution in [0.3, 0.4) is 0 Å². The largest absolute Gasteiger partial charge is 0.465 e. The van der Waals surface area contributed by atoms with Crippen molar-refractivity contribution < 1.29 is 9.90 Å². The molecule has 1 atom stereocenters. The minimum Gasteiger partial charge on any atom is -0.465 e. The number of carboxylic acid groups (broad SMARTS) is 1. The second-order valence-corrected chi connectivity index (χ2v) is 5.54. The molecule has 1 aromatic heterocycles. The van der Waals surface area contributed by atoms with Crippen LogP contribution in [-0.2, 0) is 6.54 Å². The second kappa shape index (κ2) is 5.69. The number of hydrogen-bond donors (Lipinski definition) is 1. The molecular formula is C16H19N3O2. The third-order valence-electron chi connectivity index (χ3n) is 4.06. The van der Waals surface area contributed by atoms with Crippen molar-refractivity contribution in [2.24, 2.45) is 0 Å². The molecule has 110 valence electrons. The van der Waals surface area contributed by atoms with E-state index < -0.39 is 6.09 Å². The summed E-state index contributed by atoms with van der Waals surface area (Å²) in [6.45, 7) is 4.70. The number of piperazine rings is 1. The van der Waals surface area contributed by atoms with Crippen molar-refractivity contribution in [1.82, 2.24) is 14.8 Å². The Morgan fingerprint density at radius 2 is 2.10 bits per heavy atom. The molecule has 0 radical (unpaired) electrons. The highest BCUT2D eigenvalue weighted by Crippen LogP contribution is 2.16. The van der Waals surface area contributed by atoms with E-state index in [1.54, 1.807) is 0 Å². The Balaban J connectivity index is 1.72. The van der Waals surface area contributed by atoms with E-state index in [1.807, 2.05) is 18.2 Å². The highest BCUT2D eigenvalue weighted by atomic mass is 16.4. The van der Waals surface area contributed by atoms with E-state index in [4.69, 9.17) is 5.11 Å². The van der Waals surface area contributed by atoms with E-state index >= 15 is 0 Å². The molecule has 2 aromatic rings. The number of rotatable bonds is 2. The first-order chi connectivity index (χ1) is 10.1. The fraction of sp³-hybridized carbons (Fsp3) is 0.375. The SMILES string of the molecule is CC1CN(C(=O)O)CCN1Cc1ccc2ccccc2n1. The van der Waals surface area contributed by atoms with Crippen LogP contribution in [0.25, 0.3) is 10.9 Å². The molecule has 1 aliphatic heterocycles. The van der Waals surface area contributed by atoms with Gasteiger partial charge in [0.25, 0.3) is 0 Å². The topological polar surface area (TPSA) is 56.7 Å². The Morgan fingerprint density at radius 1 is 1.29 bits per heavy atom. The Morgan fingerprint density at radius 3 is 2.86 bits per heavy atom. The molecular weight excluding hydrogens is 266 g/mol. The van der Waals surface area contributed by atoms with Gasteiger partial charge in [-0.05, 0) is 19.1 Å². The number of fused-ring (bicyclic) bond motifs is 1. The summed E-state index contributed by atoms with van der Waals surface area (Å²) in [5, 5.41) is 10.2. The van der Waals surface area contributed by atoms with Gasteiger partial charge in [-0.3, -0.25) is 9.88 Å². The summed E-state index contributed by atoms with van der Waals surface area (Å²) in [6.07, 6.45) is -0.828. The summed E-state index contributed by atoms with van der Waals surface area (Å²) < 4.78 is 0. The molecule has 5 nitrogen and oxygen atoms in total. The fourth-order valence-electron chi connectivity index (χ4n) is 2.81. The first-order valence-corrected chi connectivity index (χ1v) is 7.20. The van der Waals surface area contributed by atoms with Crippen LogP contribution in [0.2, 0.25) is 0 Å². The van der Waals surface area contributed by atoms with Crippen LogP contribution in [0, 0.1) is 0 Å². The van der Waals surface area contributed by atoms with E-state index in [0.717, 1.165) is 29.7 Å². The van der Waals surface area contributed by atoms with Crippen LogP contribution in [0.5, 0.6) is 0 Å². The first kappa shape index (κ1) is 13.8. The fourth-order valence-corrected chi connectivity index (χ4v) is 2.81. The number of benzene rings is 1. The molecule has 1 aromatic carbocycles. The van der Waals surface area contributed by atoms with E-state index in [2.05, 4.69) is 35.0 Å². The number of amides is 1. The van der Waals surface area contributed by atoms with Crippen molar-refractivity contribution in [1.29, 1.82) is 0 Å². The quantitative estimate of drug-likeness (QED) is 0.920. The molecule has 1 aliphatic rings. The van der Waals surface area contributed by atoms with Gasteiger partial charge in [0.2, 0.25) is 0 Å². The average Bonchev–Trinajstić information content (AvgIpc) is 2.49. The molecule has 2 heterocycles. The van der Waals surface area contributed by atoms with Crippen LogP contribution < -0.4 is 0 Å². The Labute approximate surface area is 123 Å². The average molecular weight is 285 g/mol. The van der Waals surface area contributed by atoms with E-state index in [0.29, 0.717) is 13.1 Å². The summed E-state index contributed by atoms with van der Waals surface area (Å²) in [5.74, 6) is 0. The normalized spacial score (nSPS) is 19.9. The molecule has 3 rings (SSSR count). The Kier molecular flexibility index (Phi) is 3.75. The number of pyridine rings is 1. The number of para-hydroxylation sites is 1. The number of nitrogens with zero attached hydrogens (tertiary/aromatic N) is 3. The summed E-state index contributed by atoms with van der Waals surface area (Å²) in [4.78, 5) is 19.5.